The normalized spacial score (nSPS) is 12.5. The minimum atomic E-state index is 0.553. The third kappa shape index (κ3) is 3.90. The number of nitrogens with one attached hydrogen (secondary N) is 1. The summed E-state index contributed by atoms with van der Waals surface area (Å²) in [5.41, 5.74) is 2.52. The summed E-state index contributed by atoms with van der Waals surface area (Å²) in [5, 5.41) is 3.99. The summed E-state index contributed by atoms with van der Waals surface area (Å²) in [6.45, 7) is 5.33. The van der Waals surface area contributed by atoms with E-state index in [0.29, 0.717) is 6.04 Å². The van der Waals surface area contributed by atoms with Crippen LogP contribution in [-0.2, 0) is 6.54 Å². The van der Waals surface area contributed by atoms with Gasteiger partial charge in [0.1, 0.15) is 0 Å². The van der Waals surface area contributed by atoms with Crippen LogP contribution in [0.2, 0.25) is 5.02 Å². The highest BCUT2D eigenvalue weighted by molar-refractivity contribution is 6.30. The lowest BCUT2D eigenvalue weighted by Crippen LogP contribution is -2.29. The molecular formula is C14H23ClN2. The van der Waals surface area contributed by atoms with Gasteiger partial charge in [0.25, 0.3) is 0 Å². The molecule has 0 spiro atoms. The topological polar surface area (TPSA) is 15.3 Å². The Hall–Kier alpha value is -0.730. The standard InChI is InChI=1S/C14H23ClN2/c1-5-6-11(2)17(4)14-8-7-13(15)9-12(14)10-16-3/h7-9,11,16H,5-6,10H2,1-4H3. The van der Waals surface area contributed by atoms with Gasteiger partial charge in [-0.15, -0.1) is 0 Å². The third-order valence-electron chi connectivity index (χ3n) is 3.16. The molecule has 1 aromatic rings. The number of benzene rings is 1. The lowest BCUT2D eigenvalue weighted by molar-refractivity contribution is 0.613. The maximum atomic E-state index is 6.05. The van der Waals surface area contributed by atoms with E-state index in [1.165, 1.54) is 24.1 Å². The molecule has 1 aromatic carbocycles. The fraction of sp³-hybridized carbons (Fsp3) is 0.571. The highest BCUT2D eigenvalue weighted by Gasteiger charge is 2.12. The number of halogens is 1. The number of hydrogen-bond acceptors (Lipinski definition) is 2. The van der Waals surface area contributed by atoms with Crippen molar-refractivity contribution in [3.8, 4) is 0 Å². The van der Waals surface area contributed by atoms with Gasteiger partial charge in [-0.3, -0.25) is 0 Å². The van der Waals surface area contributed by atoms with E-state index in [1.54, 1.807) is 0 Å². The van der Waals surface area contributed by atoms with Gasteiger partial charge < -0.3 is 10.2 Å². The Morgan fingerprint density at radius 3 is 2.71 bits per heavy atom. The van der Waals surface area contributed by atoms with Gasteiger partial charge in [0.05, 0.1) is 0 Å². The summed E-state index contributed by atoms with van der Waals surface area (Å²) in [7, 11) is 4.11. The van der Waals surface area contributed by atoms with Crippen LogP contribution < -0.4 is 10.2 Å². The van der Waals surface area contributed by atoms with Crippen LogP contribution in [0, 0.1) is 0 Å². The predicted octanol–water partition coefficient (Wildman–Crippen LogP) is 3.68. The first-order valence-electron chi connectivity index (χ1n) is 6.26. The van der Waals surface area contributed by atoms with E-state index >= 15 is 0 Å². The Balaban J connectivity index is 2.94. The minimum Gasteiger partial charge on any atom is -0.372 e. The molecule has 0 aliphatic carbocycles. The summed E-state index contributed by atoms with van der Waals surface area (Å²) in [6.07, 6.45) is 2.42. The Morgan fingerprint density at radius 2 is 2.12 bits per heavy atom. The molecule has 2 nitrogen and oxygen atoms in total. The zero-order valence-corrected chi connectivity index (χ0v) is 12.0. The summed E-state index contributed by atoms with van der Waals surface area (Å²) in [6, 6.07) is 6.67. The molecule has 1 unspecified atom stereocenters. The molecule has 1 rings (SSSR count). The van der Waals surface area contributed by atoms with Gasteiger partial charge in [0.15, 0.2) is 0 Å². The molecule has 0 bridgehead atoms. The second-order valence-corrected chi connectivity index (χ2v) is 4.99. The molecule has 0 radical (unpaired) electrons. The van der Waals surface area contributed by atoms with Gasteiger partial charge in [0.2, 0.25) is 0 Å². The van der Waals surface area contributed by atoms with Crippen molar-refractivity contribution in [1.82, 2.24) is 5.32 Å². The predicted molar refractivity (Wildman–Crippen MR) is 77.0 cm³/mol. The molecular weight excluding hydrogens is 232 g/mol. The highest BCUT2D eigenvalue weighted by Crippen LogP contribution is 2.25. The molecule has 3 heteroatoms. The van der Waals surface area contributed by atoms with Gasteiger partial charge in [0, 0.05) is 30.3 Å². The van der Waals surface area contributed by atoms with Crippen molar-refractivity contribution in [3.63, 3.8) is 0 Å². The number of nitrogens with zero attached hydrogens (tertiary/aromatic N) is 1. The van der Waals surface area contributed by atoms with E-state index in [-0.39, 0.29) is 0 Å². The molecule has 1 atom stereocenters. The fourth-order valence-electron chi connectivity index (χ4n) is 2.08. The fourth-order valence-corrected chi connectivity index (χ4v) is 2.27. The van der Waals surface area contributed by atoms with E-state index in [1.807, 2.05) is 19.2 Å². The van der Waals surface area contributed by atoms with E-state index in [9.17, 15) is 0 Å². The number of rotatable bonds is 6. The van der Waals surface area contributed by atoms with Gasteiger partial charge in [-0.2, -0.15) is 0 Å². The molecule has 0 amide bonds. The van der Waals surface area contributed by atoms with Crippen LogP contribution >= 0.6 is 11.6 Å². The average molecular weight is 255 g/mol. The first kappa shape index (κ1) is 14.3. The first-order valence-corrected chi connectivity index (χ1v) is 6.63. The quantitative estimate of drug-likeness (QED) is 0.833. The maximum absolute atomic E-state index is 6.05. The van der Waals surface area contributed by atoms with Crippen LogP contribution in [0.5, 0.6) is 0 Å². The van der Waals surface area contributed by atoms with Crippen LogP contribution in [0.4, 0.5) is 5.69 Å². The SMILES string of the molecule is CCCC(C)N(C)c1ccc(Cl)cc1CNC. The Kier molecular flexibility index (Phi) is 5.79. The maximum Gasteiger partial charge on any atom is 0.0412 e. The Labute approximate surface area is 110 Å². The van der Waals surface area contributed by atoms with E-state index < -0.39 is 0 Å². The van der Waals surface area contributed by atoms with Crippen molar-refractivity contribution >= 4 is 17.3 Å². The smallest absolute Gasteiger partial charge is 0.0412 e. The lowest BCUT2D eigenvalue weighted by atomic mass is 10.1. The van der Waals surface area contributed by atoms with Gasteiger partial charge in [-0.1, -0.05) is 24.9 Å². The molecule has 0 saturated heterocycles. The zero-order valence-electron chi connectivity index (χ0n) is 11.3. The third-order valence-corrected chi connectivity index (χ3v) is 3.39. The van der Waals surface area contributed by atoms with E-state index in [4.69, 9.17) is 11.6 Å². The molecule has 0 saturated carbocycles. The highest BCUT2D eigenvalue weighted by atomic mass is 35.5. The summed E-state index contributed by atoms with van der Waals surface area (Å²) < 4.78 is 0. The van der Waals surface area contributed by atoms with Crippen molar-refractivity contribution in [2.75, 3.05) is 19.0 Å². The van der Waals surface area contributed by atoms with Crippen molar-refractivity contribution in [1.29, 1.82) is 0 Å². The van der Waals surface area contributed by atoms with Gasteiger partial charge in [-0.25, -0.2) is 0 Å². The molecule has 0 aliphatic heterocycles. The van der Waals surface area contributed by atoms with Crippen molar-refractivity contribution in [2.24, 2.45) is 0 Å². The lowest BCUT2D eigenvalue weighted by Gasteiger charge is -2.29. The Bertz CT molecular complexity index is 352. The van der Waals surface area contributed by atoms with Crippen molar-refractivity contribution < 1.29 is 0 Å². The van der Waals surface area contributed by atoms with Crippen LogP contribution in [0.25, 0.3) is 0 Å². The molecule has 0 heterocycles. The molecule has 0 aromatic heterocycles. The van der Waals surface area contributed by atoms with Gasteiger partial charge >= 0.3 is 0 Å². The van der Waals surface area contributed by atoms with Crippen LogP contribution in [0.15, 0.2) is 18.2 Å². The number of hydrogen-bond donors (Lipinski definition) is 1. The molecule has 17 heavy (non-hydrogen) atoms. The molecule has 96 valence electrons. The zero-order chi connectivity index (χ0) is 12.8. The van der Waals surface area contributed by atoms with Crippen molar-refractivity contribution in [2.45, 2.75) is 39.3 Å². The molecule has 0 aliphatic rings. The summed E-state index contributed by atoms with van der Waals surface area (Å²) in [5.74, 6) is 0. The second kappa shape index (κ2) is 6.87. The van der Waals surface area contributed by atoms with Crippen LogP contribution in [0.3, 0.4) is 0 Å². The molecule has 0 fully saturated rings. The number of anilines is 1. The monoisotopic (exact) mass is 254 g/mol. The van der Waals surface area contributed by atoms with Crippen LogP contribution in [0.1, 0.15) is 32.3 Å². The second-order valence-electron chi connectivity index (χ2n) is 4.55. The minimum absolute atomic E-state index is 0.553. The summed E-state index contributed by atoms with van der Waals surface area (Å²) in [4.78, 5) is 2.34. The van der Waals surface area contributed by atoms with Crippen LogP contribution in [-0.4, -0.2) is 20.1 Å². The average Bonchev–Trinajstić information content (AvgIpc) is 2.29. The largest absolute Gasteiger partial charge is 0.372 e. The van der Waals surface area contributed by atoms with Gasteiger partial charge in [-0.05, 0) is 44.2 Å². The van der Waals surface area contributed by atoms with E-state index in [0.717, 1.165) is 11.6 Å². The molecule has 1 N–H and O–H groups in total. The first-order chi connectivity index (χ1) is 8.10. The van der Waals surface area contributed by atoms with Crippen molar-refractivity contribution in [3.05, 3.63) is 28.8 Å². The summed E-state index contributed by atoms with van der Waals surface area (Å²) >= 11 is 6.05. The van der Waals surface area contributed by atoms with E-state index in [2.05, 4.69) is 37.2 Å². The Morgan fingerprint density at radius 1 is 1.41 bits per heavy atom.